The van der Waals surface area contributed by atoms with E-state index in [2.05, 4.69) is 15.5 Å². The summed E-state index contributed by atoms with van der Waals surface area (Å²) < 4.78 is 6.08. The molecule has 1 saturated carbocycles. The number of nitrogens with one attached hydrogen (secondary N) is 2. The molecule has 1 saturated heterocycles. The van der Waals surface area contributed by atoms with Crippen LogP contribution in [0.1, 0.15) is 64.9 Å². The molecule has 4 rings (SSSR count). The highest BCUT2D eigenvalue weighted by molar-refractivity contribution is 6.32. The maximum atomic E-state index is 12.6. The van der Waals surface area contributed by atoms with Crippen molar-refractivity contribution in [1.29, 1.82) is 0 Å². The van der Waals surface area contributed by atoms with E-state index < -0.39 is 0 Å². The molecule has 0 spiro atoms. The summed E-state index contributed by atoms with van der Waals surface area (Å²) in [5.41, 5.74) is 1.95. The van der Waals surface area contributed by atoms with Gasteiger partial charge in [0.2, 0.25) is 0 Å². The van der Waals surface area contributed by atoms with Gasteiger partial charge in [0.1, 0.15) is 11.9 Å². The van der Waals surface area contributed by atoms with E-state index in [1.165, 1.54) is 12.8 Å². The second-order valence-electron chi connectivity index (χ2n) is 8.12. The van der Waals surface area contributed by atoms with Crippen LogP contribution < -0.4 is 10.1 Å². The monoisotopic (exact) mass is 430 g/mol. The van der Waals surface area contributed by atoms with Crippen molar-refractivity contribution in [2.45, 2.75) is 57.6 Å². The fraction of sp³-hybridized carbons (Fsp3) is 0.500. The number of aryl methyl sites for hydroxylation is 1. The number of carbonyl (C=O) groups is 2. The molecule has 2 aliphatic rings. The SMILES string of the molecule is Cc1[nH]ncc1C(=O)N1CCC(Oc2ccc(C(=O)NC3CCCC3)cc2Cl)CC1. The molecule has 2 aromatic rings. The smallest absolute Gasteiger partial charge is 0.257 e. The van der Waals surface area contributed by atoms with Gasteiger partial charge in [-0.15, -0.1) is 0 Å². The van der Waals surface area contributed by atoms with Gasteiger partial charge in [-0.05, 0) is 38.0 Å². The number of ether oxygens (including phenoxy) is 1. The van der Waals surface area contributed by atoms with E-state index in [-0.39, 0.29) is 24.0 Å². The molecule has 1 aliphatic carbocycles. The van der Waals surface area contributed by atoms with Crippen molar-refractivity contribution >= 4 is 23.4 Å². The van der Waals surface area contributed by atoms with Gasteiger partial charge in [-0.2, -0.15) is 5.10 Å². The average molecular weight is 431 g/mol. The first-order chi connectivity index (χ1) is 14.5. The van der Waals surface area contributed by atoms with Crippen LogP contribution in [0.25, 0.3) is 0 Å². The Morgan fingerprint density at radius 3 is 2.57 bits per heavy atom. The van der Waals surface area contributed by atoms with Crippen molar-refractivity contribution in [2.24, 2.45) is 0 Å². The van der Waals surface area contributed by atoms with Gasteiger partial charge in [-0.25, -0.2) is 0 Å². The fourth-order valence-corrected chi connectivity index (χ4v) is 4.39. The Bertz CT molecular complexity index is 915. The number of carbonyl (C=O) groups excluding carboxylic acids is 2. The number of likely N-dealkylation sites (tertiary alicyclic amines) is 1. The van der Waals surface area contributed by atoms with Crippen LogP contribution in [0, 0.1) is 6.92 Å². The summed E-state index contributed by atoms with van der Waals surface area (Å²) in [6.07, 6.45) is 7.44. The third-order valence-electron chi connectivity index (χ3n) is 5.97. The summed E-state index contributed by atoms with van der Waals surface area (Å²) in [4.78, 5) is 26.8. The topological polar surface area (TPSA) is 87.3 Å². The van der Waals surface area contributed by atoms with Crippen LogP contribution in [0.5, 0.6) is 5.75 Å². The first-order valence-corrected chi connectivity index (χ1v) is 11.0. The predicted molar refractivity (Wildman–Crippen MR) is 114 cm³/mol. The van der Waals surface area contributed by atoms with Crippen LogP contribution in [0.15, 0.2) is 24.4 Å². The Balaban J connectivity index is 1.31. The maximum absolute atomic E-state index is 12.6. The molecule has 2 amide bonds. The summed E-state index contributed by atoms with van der Waals surface area (Å²) in [5.74, 6) is 0.483. The zero-order chi connectivity index (χ0) is 21.1. The van der Waals surface area contributed by atoms with Crippen molar-refractivity contribution in [3.63, 3.8) is 0 Å². The molecular formula is C22H27ClN4O3. The number of amides is 2. The van der Waals surface area contributed by atoms with Gasteiger partial charge < -0.3 is 15.0 Å². The van der Waals surface area contributed by atoms with Crippen LogP contribution in [0.3, 0.4) is 0 Å². The lowest BCUT2D eigenvalue weighted by molar-refractivity contribution is 0.0595. The zero-order valence-electron chi connectivity index (χ0n) is 17.1. The number of piperidine rings is 1. The Labute approximate surface area is 181 Å². The van der Waals surface area contributed by atoms with E-state index in [9.17, 15) is 9.59 Å². The highest BCUT2D eigenvalue weighted by Gasteiger charge is 2.27. The minimum Gasteiger partial charge on any atom is -0.489 e. The number of halogens is 1. The number of H-pyrrole nitrogens is 1. The summed E-state index contributed by atoms with van der Waals surface area (Å²) in [5, 5.41) is 10.2. The third kappa shape index (κ3) is 4.61. The molecule has 1 aromatic heterocycles. The van der Waals surface area contributed by atoms with Gasteiger partial charge in [0.25, 0.3) is 11.8 Å². The molecule has 8 heteroatoms. The van der Waals surface area contributed by atoms with Crippen molar-refractivity contribution in [2.75, 3.05) is 13.1 Å². The standard InChI is InChI=1S/C22H27ClN4O3/c1-14-18(13-24-26-14)22(29)27-10-8-17(9-11-27)30-20-7-6-15(12-19(20)23)21(28)25-16-4-2-3-5-16/h6-7,12-13,16-17H,2-5,8-11H2,1H3,(H,24,26)(H,25,28). The van der Waals surface area contributed by atoms with Crippen molar-refractivity contribution in [1.82, 2.24) is 20.4 Å². The first kappa shape index (κ1) is 20.7. The zero-order valence-corrected chi connectivity index (χ0v) is 17.9. The van der Waals surface area contributed by atoms with Crippen LogP contribution in [0.2, 0.25) is 5.02 Å². The van der Waals surface area contributed by atoms with E-state index in [1.807, 2.05) is 11.8 Å². The Morgan fingerprint density at radius 2 is 1.93 bits per heavy atom. The van der Waals surface area contributed by atoms with Gasteiger partial charge >= 0.3 is 0 Å². The van der Waals surface area contributed by atoms with Crippen LogP contribution in [0.4, 0.5) is 0 Å². The molecular weight excluding hydrogens is 404 g/mol. The molecule has 2 fully saturated rings. The number of nitrogens with zero attached hydrogens (tertiary/aromatic N) is 2. The number of rotatable bonds is 5. The van der Waals surface area contributed by atoms with Gasteiger partial charge in [-0.1, -0.05) is 24.4 Å². The molecule has 0 bridgehead atoms. The largest absolute Gasteiger partial charge is 0.489 e. The lowest BCUT2D eigenvalue weighted by atomic mass is 10.1. The van der Waals surface area contributed by atoms with Crippen LogP contribution in [-0.4, -0.2) is 52.1 Å². The van der Waals surface area contributed by atoms with Crippen molar-refractivity contribution < 1.29 is 14.3 Å². The van der Waals surface area contributed by atoms with Crippen molar-refractivity contribution in [3.05, 3.63) is 46.2 Å². The van der Waals surface area contributed by atoms with Gasteiger partial charge in [0, 0.05) is 43.2 Å². The quantitative estimate of drug-likeness (QED) is 0.756. The van der Waals surface area contributed by atoms with E-state index in [0.29, 0.717) is 35.0 Å². The molecule has 7 nitrogen and oxygen atoms in total. The third-order valence-corrected chi connectivity index (χ3v) is 6.26. The predicted octanol–water partition coefficient (Wildman–Crippen LogP) is 3.73. The van der Waals surface area contributed by atoms with Gasteiger partial charge in [-0.3, -0.25) is 14.7 Å². The molecule has 160 valence electrons. The molecule has 30 heavy (non-hydrogen) atoms. The van der Waals surface area contributed by atoms with Crippen LogP contribution in [-0.2, 0) is 0 Å². The molecule has 0 radical (unpaired) electrons. The molecule has 0 unspecified atom stereocenters. The summed E-state index contributed by atoms with van der Waals surface area (Å²) in [6, 6.07) is 5.46. The number of benzene rings is 1. The fourth-order valence-electron chi connectivity index (χ4n) is 4.17. The number of aromatic nitrogens is 2. The average Bonchev–Trinajstić information content (AvgIpc) is 3.41. The number of hydrogen-bond donors (Lipinski definition) is 2. The lowest BCUT2D eigenvalue weighted by Gasteiger charge is -2.32. The van der Waals surface area contributed by atoms with E-state index in [0.717, 1.165) is 31.4 Å². The number of hydrogen-bond acceptors (Lipinski definition) is 4. The molecule has 2 N–H and O–H groups in total. The second kappa shape index (κ2) is 9.08. The normalized spacial score (nSPS) is 17.9. The van der Waals surface area contributed by atoms with E-state index in [1.54, 1.807) is 24.4 Å². The van der Waals surface area contributed by atoms with Gasteiger partial charge in [0.15, 0.2) is 0 Å². The highest BCUT2D eigenvalue weighted by Crippen LogP contribution is 2.29. The van der Waals surface area contributed by atoms with E-state index in [4.69, 9.17) is 16.3 Å². The second-order valence-corrected chi connectivity index (χ2v) is 8.53. The Kier molecular flexibility index (Phi) is 6.27. The van der Waals surface area contributed by atoms with E-state index >= 15 is 0 Å². The maximum Gasteiger partial charge on any atom is 0.257 e. The molecule has 2 heterocycles. The highest BCUT2D eigenvalue weighted by atomic mass is 35.5. The number of aromatic amines is 1. The van der Waals surface area contributed by atoms with Gasteiger partial charge in [0.05, 0.1) is 16.8 Å². The molecule has 1 aliphatic heterocycles. The minimum atomic E-state index is -0.0864. The summed E-state index contributed by atoms with van der Waals surface area (Å²) in [7, 11) is 0. The summed E-state index contributed by atoms with van der Waals surface area (Å²) in [6.45, 7) is 3.08. The minimum absolute atomic E-state index is 0.00430. The Morgan fingerprint density at radius 1 is 1.20 bits per heavy atom. The molecule has 0 atom stereocenters. The summed E-state index contributed by atoms with van der Waals surface area (Å²) >= 11 is 6.39. The first-order valence-electron chi connectivity index (χ1n) is 10.6. The van der Waals surface area contributed by atoms with Crippen LogP contribution >= 0.6 is 11.6 Å². The van der Waals surface area contributed by atoms with Crippen molar-refractivity contribution in [3.8, 4) is 5.75 Å². The molecule has 1 aromatic carbocycles. The Hall–Kier alpha value is -2.54. The lowest BCUT2D eigenvalue weighted by Crippen LogP contribution is -2.41.